The van der Waals surface area contributed by atoms with Crippen LogP contribution in [0.25, 0.3) is 0 Å². The van der Waals surface area contributed by atoms with Crippen LogP contribution in [0.3, 0.4) is 0 Å². The molecule has 0 aliphatic heterocycles. The second-order valence-corrected chi connectivity index (χ2v) is 6.60. The molecule has 0 atom stereocenters. The van der Waals surface area contributed by atoms with Gasteiger partial charge < -0.3 is 5.11 Å². The average molecular weight is 346 g/mol. The van der Waals surface area contributed by atoms with Crippen molar-refractivity contribution in [1.82, 2.24) is 0 Å². The quantitative estimate of drug-likeness (QED) is 0.483. The zero-order chi connectivity index (χ0) is 14.0. The predicted molar refractivity (Wildman–Crippen MR) is 75.4 cm³/mol. The van der Waals surface area contributed by atoms with Crippen LogP contribution in [0.15, 0.2) is 27.6 Å². The van der Waals surface area contributed by atoms with Gasteiger partial charge in [0.25, 0.3) is 5.69 Å². The van der Waals surface area contributed by atoms with Crippen molar-refractivity contribution in [3.8, 4) is 0 Å². The Labute approximate surface area is 122 Å². The molecule has 7 heteroatoms. The van der Waals surface area contributed by atoms with Gasteiger partial charge in [-0.05, 0) is 40.3 Å². The van der Waals surface area contributed by atoms with E-state index in [2.05, 4.69) is 15.9 Å². The number of nitro groups is 1. The summed E-state index contributed by atoms with van der Waals surface area (Å²) in [5.74, 6) is -0.0312. The summed E-state index contributed by atoms with van der Waals surface area (Å²) in [6.07, 6.45) is 2.08. The van der Waals surface area contributed by atoms with E-state index in [1.165, 1.54) is 12.1 Å². The van der Waals surface area contributed by atoms with Gasteiger partial charge in [0.15, 0.2) is 0 Å². The monoisotopic (exact) mass is 345 g/mol. The van der Waals surface area contributed by atoms with E-state index in [0.717, 1.165) is 23.5 Å². The average Bonchev–Trinajstić information content (AvgIpc) is 3.06. The van der Waals surface area contributed by atoms with Crippen molar-refractivity contribution in [2.24, 2.45) is 5.41 Å². The van der Waals surface area contributed by atoms with E-state index in [9.17, 15) is 14.9 Å². The number of aliphatic carboxylic acids is 1. The third-order valence-electron chi connectivity index (χ3n) is 3.14. The standard InChI is InChI=1S/C12H12BrNO4S/c13-9-5-8(14(17)18)1-2-10(9)19-7-12(3-4-12)6-11(15)16/h1-2,5H,3-4,6-7H2,(H,15,16). The molecule has 0 bridgehead atoms. The second kappa shape index (κ2) is 5.50. The highest BCUT2D eigenvalue weighted by Crippen LogP contribution is 2.52. The molecule has 102 valence electrons. The first-order chi connectivity index (χ1) is 8.92. The maximum absolute atomic E-state index is 10.8. The first-order valence-corrected chi connectivity index (χ1v) is 7.48. The molecule has 19 heavy (non-hydrogen) atoms. The van der Waals surface area contributed by atoms with Gasteiger partial charge in [-0.15, -0.1) is 11.8 Å². The maximum Gasteiger partial charge on any atom is 0.303 e. The number of benzene rings is 1. The Morgan fingerprint density at radius 1 is 1.53 bits per heavy atom. The van der Waals surface area contributed by atoms with E-state index in [1.807, 2.05) is 0 Å². The maximum atomic E-state index is 10.8. The summed E-state index contributed by atoms with van der Waals surface area (Å²) in [6.45, 7) is 0. The molecular weight excluding hydrogens is 334 g/mol. The van der Waals surface area contributed by atoms with Gasteiger partial charge in [-0.25, -0.2) is 0 Å². The third kappa shape index (κ3) is 3.70. The fourth-order valence-electron chi connectivity index (χ4n) is 1.82. The fourth-order valence-corrected chi connectivity index (χ4v) is 3.74. The minimum absolute atomic E-state index is 0.0443. The van der Waals surface area contributed by atoms with E-state index >= 15 is 0 Å². The summed E-state index contributed by atoms with van der Waals surface area (Å²) in [6, 6.07) is 4.63. The molecule has 1 fully saturated rings. The fraction of sp³-hybridized carbons (Fsp3) is 0.417. The van der Waals surface area contributed by atoms with Crippen molar-refractivity contribution in [2.75, 3.05) is 5.75 Å². The zero-order valence-electron chi connectivity index (χ0n) is 9.97. The summed E-state index contributed by atoms with van der Waals surface area (Å²) in [5.41, 5.74) is -0.0413. The number of nitrogens with zero attached hydrogens (tertiary/aromatic N) is 1. The number of hydrogen-bond acceptors (Lipinski definition) is 4. The Kier molecular flexibility index (Phi) is 4.15. The minimum Gasteiger partial charge on any atom is -0.481 e. The van der Waals surface area contributed by atoms with Crippen LogP contribution in [0, 0.1) is 15.5 Å². The molecule has 0 radical (unpaired) electrons. The Bertz CT molecular complexity index is 530. The lowest BCUT2D eigenvalue weighted by atomic mass is 10.1. The van der Waals surface area contributed by atoms with Crippen LogP contribution < -0.4 is 0 Å². The van der Waals surface area contributed by atoms with E-state index in [0.29, 0.717) is 4.47 Å². The smallest absolute Gasteiger partial charge is 0.303 e. The summed E-state index contributed by atoms with van der Waals surface area (Å²) in [7, 11) is 0. The molecule has 1 aliphatic rings. The first-order valence-electron chi connectivity index (χ1n) is 5.70. The van der Waals surface area contributed by atoms with Gasteiger partial charge in [-0.3, -0.25) is 14.9 Å². The van der Waals surface area contributed by atoms with Crippen LogP contribution in [0.5, 0.6) is 0 Å². The van der Waals surface area contributed by atoms with Crippen LogP contribution in [-0.2, 0) is 4.79 Å². The van der Waals surface area contributed by atoms with Crippen molar-refractivity contribution in [2.45, 2.75) is 24.2 Å². The zero-order valence-corrected chi connectivity index (χ0v) is 12.4. The highest BCUT2D eigenvalue weighted by molar-refractivity contribution is 9.10. The van der Waals surface area contributed by atoms with Crippen molar-refractivity contribution < 1.29 is 14.8 Å². The van der Waals surface area contributed by atoms with Gasteiger partial charge in [0, 0.05) is 27.3 Å². The van der Waals surface area contributed by atoms with Gasteiger partial charge in [-0.2, -0.15) is 0 Å². The van der Waals surface area contributed by atoms with E-state index in [-0.39, 0.29) is 17.5 Å². The van der Waals surface area contributed by atoms with Crippen molar-refractivity contribution in [1.29, 1.82) is 0 Å². The molecule has 0 spiro atoms. The largest absolute Gasteiger partial charge is 0.481 e. The molecule has 0 saturated heterocycles. The summed E-state index contributed by atoms with van der Waals surface area (Å²) >= 11 is 4.86. The molecule has 0 unspecified atom stereocenters. The van der Waals surface area contributed by atoms with Crippen LogP contribution >= 0.6 is 27.7 Å². The number of carboxylic acid groups (broad SMARTS) is 1. The van der Waals surface area contributed by atoms with Gasteiger partial charge >= 0.3 is 5.97 Å². The van der Waals surface area contributed by atoms with Crippen LogP contribution in [0.2, 0.25) is 0 Å². The lowest BCUT2D eigenvalue weighted by molar-refractivity contribution is -0.385. The molecule has 0 heterocycles. The highest BCUT2D eigenvalue weighted by Gasteiger charge is 2.44. The highest BCUT2D eigenvalue weighted by atomic mass is 79.9. The van der Waals surface area contributed by atoms with Crippen molar-refractivity contribution >= 4 is 39.3 Å². The van der Waals surface area contributed by atoms with Crippen LogP contribution in [0.4, 0.5) is 5.69 Å². The molecule has 1 aromatic rings. The SMILES string of the molecule is O=C(O)CC1(CSc2ccc([N+](=O)[O-])cc2Br)CC1. The number of carbonyl (C=O) groups is 1. The number of non-ortho nitro benzene ring substituents is 1. The van der Waals surface area contributed by atoms with Gasteiger partial charge in [0.2, 0.25) is 0 Å². The number of nitro benzene ring substituents is 1. The van der Waals surface area contributed by atoms with E-state index < -0.39 is 10.9 Å². The molecule has 1 N–H and O–H groups in total. The minimum atomic E-state index is -0.763. The Morgan fingerprint density at radius 2 is 2.21 bits per heavy atom. The summed E-state index contributed by atoms with van der Waals surface area (Å²) in [5, 5.41) is 19.5. The topological polar surface area (TPSA) is 80.4 Å². The molecule has 0 aromatic heterocycles. The van der Waals surface area contributed by atoms with Gasteiger partial charge in [0.05, 0.1) is 11.3 Å². The Balaban J connectivity index is 2.00. The number of carboxylic acids is 1. The Hall–Kier alpha value is -1.08. The van der Waals surface area contributed by atoms with Gasteiger partial charge in [-0.1, -0.05) is 0 Å². The molecule has 5 nitrogen and oxygen atoms in total. The lowest BCUT2D eigenvalue weighted by Crippen LogP contribution is -2.10. The van der Waals surface area contributed by atoms with Gasteiger partial charge in [0.1, 0.15) is 0 Å². The summed E-state index contributed by atoms with van der Waals surface area (Å²) in [4.78, 5) is 21.9. The molecule has 1 aromatic carbocycles. The Morgan fingerprint density at radius 3 is 2.68 bits per heavy atom. The van der Waals surface area contributed by atoms with E-state index in [1.54, 1.807) is 17.8 Å². The van der Waals surface area contributed by atoms with Crippen LogP contribution in [0.1, 0.15) is 19.3 Å². The predicted octanol–water partition coefficient (Wildman–Crippen LogP) is 3.70. The molecule has 2 rings (SSSR count). The number of hydrogen-bond donors (Lipinski definition) is 1. The van der Waals surface area contributed by atoms with Crippen LogP contribution in [-0.4, -0.2) is 21.8 Å². The molecule has 1 aliphatic carbocycles. The van der Waals surface area contributed by atoms with Crippen molar-refractivity contribution in [3.05, 3.63) is 32.8 Å². The third-order valence-corrected chi connectivity index (χ3v) is 5.49. The summed E-state index contributed by atoms with van der Waals surface area (Å²) < 4.78 is 0.679. The molecule has 1 saturated carbocycles. The second-order valence-electron chi connectivity index (χ2n) is 4.73. The molecular formula is C12H12BrNO4S. The first kappa shape index (κ1) is 14.3. The number of thioether (sulfide) groups is 1. The van der Waals surface area contributed by atoms with Crippen molar-refractivity contribution in [3.63, 3.8) is 0 Å². The number of rotatable bonds is 6. The normalized spacial score (nSPS) is 16.1. The van der Waals surface area contributed by atoms with E-state index in [4.69, 9.17) is 5.11 Å². The lowest BCUT2D eigenvalue weighted by Gasteiger charge is -2.12. The molecule has 0 amide bonds. The number of halogens is 1.